The van der Waals surface area contributed by atoms with Crippen LogP contribution in [0.3, 0.4) is 0 Å². The summed E-state index contributed by atoms with van der Waals surface area (Å²) in [6, 6.07) is 4.91. The second-order valence-corrected chi connectivity index (χ2v) is 4.71. The number of hydrogen-bond acceptors (Lipinski definition) is 5. The first-order chi connectivity index (χ1) is 9.49. The lowest BCUT2D eigenvalue weighted by Crippen LogP contribution is -2.34. The summed E-state index contributed by atoms with van der Waals surface area (Å²) in [6.45, 7) is 9.16. The minimum atomic E-state index is -0.414. The quantitative estimate of drug-likeness (QED) is 0.586. The summed E-state index contributed by atoms with van der Waals surface area (Å²) in [7, 11) is 1.50. The Balaban J connectivity index is 2.80. The summed E-state index contributed by atoms with van der Waals surface area (Å²) in [5.74, 6) is 0.483. The van der Waals surface area contributed by atoms with E-state index in [2.05, 4.69) is 31.0 Å². The van der Waals surface area contributed by atoms with Gasteiger partial charge in [0.05, 0.1) is 18.1 Å². The number of likely N-dealkylation sites (N-methyl/N-ethyl adjacent to an activating group) is 1. The van der Waals surface area contributed by atoms with Crippen LogP contribution in [0.2, 0.25) is 0 Å². The molecule has 20 heavy (non-hydrogen) atoms. The van der Waals surface area contributed by atoms with Crippen molar-refractivity contribution in [2.75, 3.05) is 32.1 Å². The molecule has 0 aliphatic rings. The minimum absolute atomic E-state index is 0.0295. The molecule has 1 atom stereocenters. The van der Waals surface area contributed by atoms with Gasteiger partial charge in [-0.3, -0.25) is 10.1 Å². The Morgan fingerprint density at radius 3 is 2.50 bits per heavy atom. The highest BCUT2D eigenvalue weighted by atomic mass is 16.6. The number of anilines is 1. The van der Waals surface area contributed by atoms with Crippen LogP contribution in [0.25, 0.3) is 0 Å². The third-order valence-corrected chi connectivity index (χ3v) is 3.18. The second kappa shape index (κ2) is 7.69. The van der Waals surface area contributed by atoms with E-state index in [1.807, 2.05) is 0 Å². The van der Waals surface area contributed by atoms with E-state index in [0.717, 1.165) is 19.6 Å². The average molecular weight is 281 g/mol. The van der Waals surface area contributed by atoms with Crippen molar-refractivity contribution >= 4 is 11.4 Å². The first-order valence-electron chi connectivity index (χ1n) is 6.82. The summed E-state index contributed by atoms with van der Waals surface area (Å²) in [6.07, 6.45) is 0. The van der Waals surface area contributed by atoms with E-state index in [-0.39, 0.29) is 11.7 Å². The zero-order chi connectivity index (χ0) is 15.1. The molecule has 0 heterocycles. The minimum Gasteiger partial charge on any atom is -0.496 e. The van der Waals surface area contributed by atoms with Gasteiger partial charge in [0.25, 0.3) is 5.69 Å². The Hall–Kier alpha value is -1.82. The van der Waals surface area contributed by atoms with E-state index in [0.29, 0.717) is 11.4 Å². The largest absolute Gasteiger partial charge is 0.496 e. The second-order valence-electron chi connectivity index (χ2n) is 4.71. The maximum Gasteiger partial charge on any atom is 0.275 e. The van der Waals surface area contributed by atoms with Gasteiger partial charge >= 0.3 is 0 Å². The molecular formula is C14H23N3O3. The van der Waals surface area contributed by atoms with Crippen LogP contribution in [0.4, 0.5) is 11.4 Å². The van der Waals surface area contributed by atoms with Crippen molar-refractivity contribution < 1.29 is 9.66 Å². The molecule has 0 aromatic heterocycles. The summed E-state index contributed by atoms with van der Waals surface area (Å²) in [5, 5.41) is 14.2. The molecule has 1 aromatic carbocycles. The predicted molar refractivity (Wildman–Crippen MR) is 80.5 cm³/mol. The molecule has 1 N–H and O–H groups in total. The van der Waals surface area contributed by atoms with Crippen LogP contribution in [0.1, 0.15) is 20.8 Å². The molecule has 0 fully saturated rings. The number of nitro groups is 1. The van der Waals surface area contributed by atoms with Gasteiger partial charge in [0.1, 0.15) is 5.75 Å². The van der Waals surface area contributed by atoms with E-state index in [1.54, 1.807) is 6.07 Å². The summed E-state index contributed by atoms with van der Waals surface area (Å²) in [5.41, 5.74) is 0.734. The smallest absolute Gasteiger partial charge is 0.275 e. The average Bonchev–Trinajstić information content (AvgIpc) is 2.44. The Morgan fingerprint density at radius 2 is 2.00 bits per heavy atom. The molecule has 0 saturated carbocycles. The van der Waals surface area contributed by atoms with Crippen molar-refractivity contribution in [3.8, 4) is 5.75 Å². The topological polar surface area (TPSA) is 67.6 Å². The standard InChI is InChI=1S/C14H23N3O3/c1-5-16(6-2)10-11(3)15-12-7-13(17(18)19)9-14(8-12)20-4/h7-9,11,15H,5-6,10H2,1-4H3. The van der Waals surface area contributed by atoms with Gasteiger partial charge in [-0.1, -0.05) is 13.8 Å². The molecule has 0 saturated heterocycles. The highest BCUT2D eigenvalue weighted by Crippen LogP contribution is 2.26. The van der Waals surface area contributed by atoms with Crippen molar-refractivity contribution in [2.24, 2.45) is 0 Å². The number of benzene rings is 1. The van der Waals surface area contributed by atoms with Crippen molar-refractivity contribution in [3.63, 3.8) is 0 Å². The molecule has 0 aliphatic carbocycles. The van der Waals surface area contributed by atoms with Crippen molar-refractivity contribution in [2.45, 2.75) is 26.8 Å². The van der Waals surface area contributed by atoms with E-state index in [1.165, 1.54) is 19.2 Å². The predicted octanol–water partition coefficient (Wildman–Crippen LogP) is 2.75. The molecule has 112 valence electrons. The Morgan fingerprint density at radius 1 is 1.35 bits per heavy atom. The van der Waals surface area contributed by atoms with Gasteiger partial charge in [-0.05, 0) is 20.0 Å². The zero-order valence-corrected chi connectivity index (χ0v) is 12.5. The maximum atomic E-state index is 10.9. The van der Waals surface area contributed by atoms with Gasteiger partial charge in [-0.15, -0.1) is 0 Å². The molecule has 6 heteroatoms. The number of nitrogens with zero attached hydrogens (tertiary/aromatic N) is 2. The molecule has 0 amide bonds. The maximum absolute atomic E-state index is 10.9. The lowest BCUT2D eigenvalue weighted by atomic mass is 10.2. The van der Waals surface area contributed by atoms with Gasteiger partial charge in [-0.25, -0.2) is 0 Å². The van der Waals surface area contributed by atoms with E-state index < -0.39 is 4.92 Å². The fourth-order valence-electron chi connectivity index (χ4n) is 2.09. The summed E-state index contributed by atoms with van der Waals surface area (Å²) < 4.78 is 5.10. The number of rotatable bonds is 8. The molecule has 1 aromatic rings. The summed E-state index contributed by atoms with van der Waals surface area (Å²) in [4.78, 5) is 12.8. The first-order valence-corrected chi connectivity index (χ1v) is 6.82. The Labute approximate surface area is 119 Å². The Kier molecular flexibility index (Phi) is 6.24. The molecule has 0 bridgehead atoms. The van der Waals surface area contributed by atoms with Gasteiger partial charge in [-0.2, -0.15) is 0 Å². The molecule has 1 rings (SSSR count). The number of ether oxygens (including phenoxy) is 1. The first kappa shape index (κ1) is 16.2. The van der Waals surface area contributed by atoms with Gasteiger partial charge in [0.15, 0.2) is 0 Å². The monoisotopic (exact) mass is 281 g/mol. The fraction of sp³-hybridized carbons (Fsp3) is 0.571. The number of nitrogens with one attached hydrogen (secondary N) is 1. The number of non-ortho nitro benzene ring substituents is 1. The SMILES string of the molecule is CCN(CC)CC(C)Nc1cc(OC)cc([N+](=O)[O-])c1. The molecule has 0 spiro atoms. The number of methoxy groups -OCH3 is 1. The molecule has 6 nitrogen and oxygen atoms in total. The van der Waals surface area contributed by atoms with E-state index >= 15 is 0 Å². The van der Waals surface area contributed by atoms with Crippen molar-refractivity contribution in [1.82, 2.24) is 4.90 Å². The zero-order valence-electron chi connectivity index (χ0n) is 12.5. The van der Waals surface area contributed by atoms with Crippen LogP contribution in [0.5, 0.6) is 5.75 Å². The third-order valence-electron chi connectivity index (χ3n) is 3.18. The third kappa shape index (κ3) is 4.70. The summed E-state index contributed by atoms with van der Waals surface area (Å²) >= 11 is 0. The van der Waals surface area contributed by atoms with Crippen LogP contribution in [0.15, 0.2) is 18.2 Å². The fourth-order valence-corrected chi connectivity index (χ4v) is 2.09. The number of nitro benzene ring substituents is 1. The van der Waals surface area contributed by atoms with Gasteiger partial charge < -0.3 is 15.0 Å². The Bertz CT molecular complexity index is 447. The molecule has 0 radical (unpaired) electrons. The van der Waals surface area contributed by atoms with Gasteiger partial charge in [0.2, 0.25) is 0 Å². The van der Waals surface area contributed by atoms with Crippen LogP contribution < -0.4 is 10.1 Å². The lowest BCUT2D eigenvalue weighted by molar-refractivity contribution is -0.384. The van der Waals surface area contributed by atoms with E-state index in [4.69, 9.17) is 4.74 Å². The van der Waals surface area contributed by atoms with Crippen LogP contribution in [-0.2, 0) is 0 Å². The highest BCUT2D eigenvalue weighted by molar-refractivity contribution is 5.56. The lowest BCUT2D eigenvalue weighted by Gasteiger charge is -2.24. The van der Waals surface area contributed by atoms with Crippen LogP contribution in [-0.4, -0.2) is 42.6 Å². The van der Waals surface area contributed by atoms with Crippen LogP contribution >= 0.6 is 0 Å². The highest BCUT2D eigenvalue weighted by Gasteiger charge is 2.12. The molecular weight excluding hydrogens is 258 g/mol. The van der Waals surface area contributed by atoms with Crippen LogP contribution in [0, 0.1) is 10.1 Å². The normalized spacial score (nSPS) is 12.2. The van der Waals surface area contributed by atoms with E-state index in [9.17, 15) is 10.1 Å². The van der Waals surface area contributed by atoms with Gasteiger partial charge in [0, 0.05) is 30.4 Å². The van der Waals surface area contributed by atoms with Crippen molar-refractivity contribution in [1.29, 1.82) is 0 Å². The van der Waals surface area contributed by atoms with Crippen molar-refractivity contribution in [3.05, 3.63) is 28.3 Å². The number of hydrogen-bond donors (Lipinski definition) is 1. The molecule has 0 aliphatic heterocycles. The molecule has 1 unspecified atom stereocenters.